The van der Waals surface area contributed by atoms with Crippen molar-refractivity contribution < 1.29 is 43.6 Å². The van der Waals surface area contributed by atoms with E-state index in [2.05, 4.69) is 34.6 Å². The quantitative estimate of drug-likeness (QED) is 0.0353. The first-order valence-corrected chi connectivity index (χ1v) is 23.4. The van der Waals surface area contributed by atoms with Crippen LogP contribution in [0.5, 0.6) is 0 Å². The first kappa shape index (κ1) is 53.8. The molecular formula is C47H88O9. The van der Waals surface area contributed by atoms with E-state index in [1.165, 1.54) is 0 Å². The fourth-order valence-corrected chi connectivity index (χ4v) is 7.74. The van der Waals surface area contributed by atoms with Crippen molar-refractivity contribution in [1.29, 1.82) is 0 Å². The van der Waals surface area contributed by atoms with Gasteiger partial charge in [0.05, 0.1) is 19.1 Å². The zero-order valence-corrected chi connectivity index (χ0v) is 37.1. The molecule has 0 aromatic carbocycles. The Morgan fingerprint density at radius 3 is 1.41 bits per heavy atom. The number of carbonyl (C=O) groups excluding carboxylic acids is 3. The molecule has 0 rings (SSSR count). The van der Waals surface area contributed by atoms with Crippen LogP contribution in [0.15, 0.2) is 0 Å². The molecule has 9 heteroatoms. The Labute approximate surface area is 343 Å². The third-order valence-electron chi connectivity index (χ3n) is 11.3. The predicted octanol–water partition coefficient (Wildman–Crippen LogP) is 12.3. The first-order chi connectivity index (χ1) is 27.0. The highest BCUT2D eigenvalue weighted by molar-refractivity contribution is 5.71. The topological polar surface area (TPSA) is 136 Å². The molecule has 0 saturated heterocycles. The van der Waals surface area contributed by atoms with Gasteiger partial charge in [-0.05, 0) is 75.5 Å². The second-order valence-electron chi connectivity index (χ2n) is 16.9. The van der Waals surface area contributed by atoms with Gasteiger partial charge in [0, 0.05) is 25.7 Å². The van der Waals surface area contributed by atoms with Crippen LogP contribution in [0.2, 0.25) is 0 Å². The number of hydrogen-bond donors (Lipinski definition) is 2. The van der Waals surface area contributed by atoms with Gasteiger partial charge in [-0.1, -0.05) is 144 Å². The summed E-state index contributed by atoms with van der Waals surface area (Å²) in [5, 5.41) is 20.0. The Bertz CT molecular complexity index is 949. The van der Waals surface area contributed by atoms with Crippen LogP contribution in [-0.4, -0.2) is 59.5 Å². The smallest absolute Gasteiger partial charge is 0.306 e. The maximum atomic E-state index is 13.7. The van der Waals surface area contributed by atoms with Gasteiger partial charge in [-0.25, -0.2) is 0 Å². The number of carbonyl (C=O) groups is 4. The van der Waals surface area contributed by atoms with Gasteiger partial charge >= 0.3 is 23.9 Å². The number of unbranched alkanes of at least 4 members (excludes halogenated alkanes) is 13. The van der Waals surface area contributed by atoms with Crippen molar-refractivity contribution in [2.24, 2.45) is 23.7 Å². The Morgan fingerprint density at radius 2 is 0.929 bits per heavy atom. The molecule has 330 valence electrons. The molecule has 0 spiro atoms. The van der Waals surface area contributed by atoms with E-state index in [1.54, 1.807) is 0 Å². The second-order valence-corrected chi connectivity index (χ2v) is 16.9. The van der Waals surface area contributed by atoms with Gasteiger partial charge in [-0.15, -0.1) is 0 Å². The number of aliphatic hydroxyl groups excluding tert-OH is 1. The third-order valence-corrected chi connectivity index (χ3v) is 11.3. The van der Waals surface area contributed by atoms with Gasteiger partial charge in [0.1, 0.15) is 12.2 Å². The molecule has 0 heterocycles. The van der Waals surface area contributed by atoms with Crippen LogP contribution in [-0.2, 0) is 33.4 Å². The largest absolute Gasteiger partial charge is 0.481 e. The Morgan fingerprint density at radius 1 is 0.500 bits per heavy atom. The van der Waals surface area contributed by atoms with Gasteiger partial charge in [-0.2, -0.15) is 0 Å². The van der Waals surface area contributed by atoms with Crippen molar-refractivity contribution in [1.82, 2.24) is 0 Å². The molecule has 0 amide bonds. The Balaban J connectivity index is 6.09. The average Bonchev–Trinajstić information content (AvgIpc) is 3.15. The van der Waals surface area contributed by atoms with Gasteiger partial charge in [-0.3, -0.25) is 19.2 Å². The van der Waals surface area contributed by atoms with Crippen LogP contribution in [0.1, 0.15) is 228 Å². The summed E-state index contributed by atoms with van der Waals surface area (Å²) >= 11 is 0. The van der Waals surface area contributed by atoms with Gasteiger partial charge in [0.15, 0.2) is 0 Å². The number of aliphatic carboxylic acids is 1. The SMILES string of the molecule is CCCCCCCC(OC(=O)CC(CCCCC)CCCCC)C(CO)C(CC(C)COC(=O)CC(CCCCC)CCCCC)OC(=O)CCCCC(=O)O. The Hall–Kier alpha value is -2.16. The lowest BCUT2D eigenvalue weighted by Crippen LogP contribution is -2.41. The molecule has 0 fully saturated rings. The molecule has 9 nitrogen and oxygen atoms in total. The number of hydrogen-bond acceptors (Lipinski definition) is 8. The van der Waals surface area contributed by atoms with Crippen LogP contribution in [0.3, 0.4) is 0 Å². The number of esters is 3. The fourth-order valence-electron chi connectivity index (χ4n) is 7.74. The zero-order chi connectivity index (χ0) is 41.8. The number of ether oxygens (including phenoxy) is 3. The highest BCUT2D eigenvalue weighted by Crippen LogP contribution is 2.29. The van der Waals surface area contributed by atoms with Gasteiger partial charge < -0.3 is 24.4 Å². The van der Waals surface area contributed by atoms with E-state index in [9.17, 15) is 24.3 Å². The highest BCUT2D eigenvalue weighted by atomic mass is 16.6. The molecule has 0 radical (unpaired) electrons. The second kappa shape index (κ2) is 37.1. The summed E-state index contributed by atoms with van der Waals surface area (Å²) in [5.74, 6) is -2.09. The molecule has 0 aliphatic carbocycles. The molecule has 4 unspecified atom stereocenters. The van der Waals surface area contributed by atoms with E-state index in [0.717, 1.165) is 135 Å². The van der Waals surface area contributed by atoms with Crippen LogP contribution < -0.4 is 0 Å². The normalized spacial score (nSPS) is 13.7. The third kappa shape index (κ3) is 30.0. The van der Waals surface area contributed by atoms with Crippen molar-refractivity contribution >= 4 is 23.9 Å². The lowest BCUT2D eigenvalue weighted by molar-refractivity contribution is -0.168. The van der Waals surface area contributed by atoms with Crippen LogP contribution >= 0.6 is 0 Å². The summed E-state index contributed by atoms with van der Waals surface area (Å²) in [6.45, 7) is 12.7. The molecule has 0 aliphatic heterocycles. The lowest BCUT2D eigenvalue weighted by atomic mass is 9.87. The molecule has 0 aromatic rings. The number of carboxylic acids is 1. The van der Waals surface area contributed by atoms with Crippen LogP contribution in [0.25, 0.3) is 0 Å². The standard InChI is InChI=1S/C47H88O9/c1-7-12-17-18-23-30-42(55-47(53)35-40(28-21-15-10-4)29-22-16-11-5)41(36-48)43(56-45(51)32-25-24-31-44(49)50)33-38(6)37-54-46(52)34-39(26-19-13-8-2)27-20-14-9-3/h38-43,48H,7-37H2,1-6H3,(H,49,50). The van der Waals surface area contributed by atoms with E-state index in [0.29, 0.717) is 44.4 Å². The molecule has 56 heavy (non-hydrogen) atoms. The maximum absolute atomic E-state index is 13.7. The first-order valence-electron chi connectivity index (χ1n) is 23.4. The maximum Gasteiger partial charge on any atom is 0.306 e. The monoisotopic (exact) mass is 797 g/mol. The van der Waals surface area contributed by atoms with E-state index >= 15 is 0 Å². The van der Waals surface area contributed by atoms with E-state index in [-0.39, 0.29) is 49.8 Å². The average molecular weight is 797 g/mol. The molecule has 2 N–H and O–H groups in total. The number of aliphatic hydroxyl groups is 1. The minimum atomic E-state index is -0.908. The number of rotatable bonds is 40. The zero-order valence-electron chi connectivity index (χ0n) is 37.1. The lowest BCUT2D eigenvalue weighted by Gasteiger charge is -2.34. The Kier molecular flexibility index (Phi) is 35.7. The van der Waals surface area contributed by atoms with Crippen molar-refractivity contribution in [3.8, 4) is 0 Å². The summed E-state index contributed by atoms with van der Waals surface area (Å²) in [5.41, 5.74) is 0. The summed E-state index contributed by atoms with van der Waals surface area (Å²) in [7, 11) is 0. The molecule has 0 aromatic heterocycles. The van der Waals surface area contributed by atoms with E-state index in [1.807, 2.05) is 6.92 Å². The minimum absolute atomic E-state index is 0.0234. The minimum Gasteiger partial charge on any atom is -0.481 e. The fraction of sp³-hybridized carbons (Fsp3) is 0.915. The highest BCUT2D eigenvalue weighted by Gasteiger charge is 2.36. The number of carboxylic acid groups (broad SMARTS) is 1. The van der Waals surface area contributed by atoms with Crippen molar-refractivity contribution in [3.05, 3.63) is 0 Å². The molecule has 0 aliphatic rings. The van der Waals surface area contributed by atoms with Gasteiger partial charge in [0.2, 0.25) is 0 Å². The predicted molar refractivity (Wildman–Crippen MR) is 227 cm³/mol. The summed E-state index contributed by atoms with van der Waals surface area (Å²) in [6.07, 6.45) is 23.7. The van der Waals surface area contributed by atoms with Crippen molar-refractivity contribution in [3.63, 3.8) is 0 Å². The summed E-state index contributed by atoms with van der Waals surface area (Å²) < 4.78 is 18.2. The molecule has 0 saturated carbocycles. The molecular weight excluding hydrogens is 709 g/mol. The van der Waals surface area contributed by atoms with E-state index < -0.39 is 30.1 Å². The summed E-state index contributed by atoms with van der Waals surface area (Å²) in [4.78, 5) is 51.1. The van der Waals surface area contributed by atoms with E-state index in [4.69, 9.17) is 19.3 Å². The molecule has 4 atom stereocenters. The molecule has 0 bridgehead atoms. The van der Waals surface area contributed by atoms with Crippen LogP contribution in [0, 0.1) is 23.7 Å². The van der Waals surface area contributed by atoms with Crippen LogP contribution in [0.4, 0.5) is 0 Å². The van der Waals surface area contributed by atoms with Crippen molar-refractivity contribution in [2.75, 3.05) is 13.2 Å². The van der Waals surface area contributed by atoms with Gasteiger partial charge in [0.25, 0.3) is 0 Å². The summed E-state index contributed by atoms with van der Waals surface area (Å²) in [6, 6.07) is 0. The van der Waals surface area contributed by atoms with Crippen molar-refractivity contribution in [2.45, 2.75) is 240 Å².